The predicted octanol–water partition coefficient (Wildman–Crippen LogP) is 9.71. The van der Waals surface area contributed by atoms with E-state index in [1.807, 2.05) is 6.92 Å². The van der Waals surface area contributed by atoms with Crippen molar-refractivity contribution in [2.75, 3.05) is 0 Å². The van der Waals surface area contributed by atoms with Crippen molar-refractivity contribution in [1.29, 1.82) is 0 Å². The van der Waals surface area contributed by atoms with Crippen LogP contribution in [0.3, 0.4) is 0 Å². The molecule has 1 aromatic heterocycles. The number of aromatic amines is 1. The predicted molar refractivity (Wildman–Crippen MR) is 174 cm³/mol. The number of nitrogens with one attached hydrogen (secondary N) is 1. The third kappa shape index (κ3) is 6.38. The molecule has 5 heteroatoms. The lowest BCUT2D eigenvalue weighted by Crippen LogP contribution is -2.10. The maximum absolute atomic E-state index is 10.5. The number of aryl methyl sites for hydroxylation is 1. The molecule has 0 aliphatic carbocycles. The molecule has 0 unspecified atom stereocenters. The Labute approximate surface area is 248 Å². The van der Waals surface area contributed by atoms with E-state index in [2.05, 4.69) is 129 Å². The van der Waals surface area contributed by atoms with Crippen LogP contribution in [0.5, 0.6) is 0 Å². The molecule has 212 valence electrons. The normalized spacial score (nSPS) is 11.6. The van der Waals surface area contributed by atoms with E-state index in [0.717, 1.165) is 11.1 Å². The van der Waals surface area contributed by atoms with Crippen LogP contribution < -0.4 is 0 Å². The molecule has 6 rings (SSSR count). The maximum Gasteiger partial charge on any atom is 0.294 e. The topological polar surface area (TPSA) is 70.2 Å². The van der Waals surface area contributed by atoms with Crippen LogP contribution in [0.15, 0.2) is 132 Å². The summed E-state index contributed by atoms with van der Waals surface area (Å²) >= 11 is 0. The minimum Gasteiger partial charge on any atom is -0.354 e. The Balaban J connectivity index is 0.000000271. The Morgan fingerprint density at radius 1 is 0.619 bits per heavy atom. The Morgan fingerprint density at radius 2 is 1.19 bits per heavy atom. The summed E-state index contributed by atoms with van der Waals surface area (Å²) in [7, 11) is -4.02. The Kier molecular flexibility index (Phi) is 8.17. The summed E-state index contributed by atoms with van der Waals surface area (Å²) in [5.74, 6) is 0. The largest absolute Gasteiger partial charge is 0.354 e. The Hall–Kier alpha value is -4.45. The molecule has 4 nitrogen and oxygen atoms in total. The highest BCUT2D eigenvalue weighted by molar-refractivity contribution is 7.85. The van der Waals surface area contributed by atoms with E-state index in [4.69, 9.17) is 4.55 Å². The summed E-state index contributed by atoms with van der Waals surface area (Å²) in [6, 6.07) is 42.9. The maximum atomic E-state index is 10.5. The average Bonchev–Trinajstić information content (AvgIpc) is 3.38. The van der Waals surface area contributed by atoms with Crippen molar-refractivity contribution in [3.8, 4) is 33.5 Å². The standard InChI is InChI=1S/C30H27N.C7H8O3S/c1-30(2,3)24-19-17-23(18-20-24)29-27(22-13-8-5-9-14-22)28-25(15-10-16-26(28)31-29)21-11-6-4-7-12-21;1-6-2-4-7(5-3-6)11(8,9)10/h4-20,31H,1-3H3;2-5H,1H3,(H,8,9,10). The number of benzene rings is 5. The van der Waals surface area contributed by atoms with Crippen LogP contribution in [-0.4, -0.2) is 18.0 Å². The Bertz CT molecular complexity index is 1900. The highest BCUT2D eigenvalue weighted by Crippen LogP contribution is 2.43. The van der Waals surface area contributed by atoms with Crippen molar-refractivity contribution in [3.05, 3.63) is 139 Å². The van der Waals surface area contributed by atoms with Gasteiger partial charge < -0.3 is 4.98 Å². The third-order valence-electron chi connectivity index (χ3n) is 7.33. The minimum absolute atomic E-state index is 0.0666. The second-order valence-electron chi connectivity index (χ2n) is 11.5. The van der Waals surface area contributed by atoms with Gasteiger partial charge in [-0.15, -0.1) is 0 Å². The molecule has 6 aromatic rings. The van der Waals surface area contributed by atoms with Crippen molar-refractivity contribution in [1.82, 2.24) is 4.98 Å². The zero-order valence-corrected chi connectivity index (χ0v) is 25.1. The van der Waals surface area contributed by atoms with E-state index in [1.165, 1.54) is 56.6 Å². The van der Waals surface area contributed by atoms with Gasteiger partial charge in [0, 0.05) is 16.5 Å². The molecule has 0 saturated heterocycles. The SMILES string of the molecule is CC(C)(C)c1ccc(-c2[nH]c3cccc(-c4ccccc4)c3c2-c2ccccc2)cc1.Cc1ccc(S(=O)(=O)O)cc1. The van der Waals surface area contributed by atoms with Gasteiger partial charge in [0.25, 0.3) is 10.1 Å². The van der Waals surface area contributed by atoms with Gasteiger partial charge in [0.05, 0.1) is 10.6 Å². The van der Waals surface area contributed by atoms with Crippen molar-refractivity contribution >= 4 is 21.0 Å². The lowest BCUT2D eigenvalue weighted by molar-refractivity contribution is 0.483. The van der Waals surface area contributed by atoms with Crippen LogP contribution in [0.4, 0.5) is 0 Å². The molecule has 0 radical (unpaired) electrons. The summed E-state index contributed by atoms with van der Waals surface area (Å²) in [4.78, 5) is 3.68. The van der Waals surface area contributed by atoms with Crippen molar-refractivity contribution < 1.29 is 13.0 Å². The lowest BCUT2D eigenvalue weighted by atomic mass is 9.86. The smallest absolute Gasteiger partial charge is 0.294 e. The fourth-order valence-electron chi connectivity index (χ4n) is 5.06. The zero-order valence-electron chi connectivity index (χ0n) is 24.3. The first-order valence-electron chi connectivity index (χ1n) is 13.9. The quantitative estimate of drug-likeness (QED) is 0.206. The van der Waals surface area contributed by atoms with Gasteiger partial charge in [-0.1, -0.05) is 136 Å². The summed E-state index contributed by atoms with van der Waals surface area (Å²) in [5.41, 5.74) is 11.0. The molecule has 0 aliphatic rings. The van der Waals surface area contributed by atoms with E-state index in [0.29, 0.717) is 0 Å². The number of hydrogen-bond donors (Lipinski definition) is 2. The van der Waals surface area contributed by atoms with E-state index in [1.54, 1.807) is 12.1 Å². The molecule has 0 bridgehead atoms. The van der Waals surface area contributed by atoms with Crippen LogP contribution in [-0.2, 0) is 15.5 Å². The van der Waals surface area contributed by atoms with E-state index in [-0.39, 0.29) is 10.3 Å². The summed E-state index contributed by atoms with van der Waals surface area (Å²) in [5, 5.41) is 1.27. The first-order valence-corrected chi connectivity index (χ1v) is 15.4. The van der Waals surface area contributed by atoms with E-state index in [9.17, 15) is 8.42 Å². The van der Waals surface area contributed by atoms with Crippen LogP contribution in [0.25, 0.3) is 44.4 Å². The number of H-pyrrole nitrogens is 1. The molecule has 2 N–H and O–H groups in total. The van der Waals surface area contributed by atoms with Crippen LogP contribution in [0, 0.1) is 6.92 Å². The number of aromatic nitrogens is 1. The highest BCUT2D eigenvalue weighted by Gasteiger charge is 2.19. The van der Waals surface area contributed by atoms with Gasteiger partial charge in [-0.2, -0.15) is 8.42 Å². The van der Waals surface area contributed by atoms with Gasteiger partial charge >= 0.3 is 0 Å². The van der Waals surface area contributed by atoms with Gasteiger partial charge in [-0.25, -0.2) is 0 Å². The monoisotopic (exact) mass is 573 g/mol. The number of hydrogen-bond acceptors (Lipinski definition) is 2. The van der Waals surface area contributed by atoms with Gasteiger partial charge in [0.15, 0.2) is 0 Å². The Morgan fingerprint density at radius 3 is 1.74 bits per heavy atom. The molecular weight excluding hydrogens is 538 g/mol. The van der Waals surface area contributed by atoms with Gasteiger partial charge in [0.1, 0.15) is 0 Å². The van der Waals surface area contributed by atoms with Crippen LogP contribution >= 0.6 is 0 Å². The first-order chi connectivity index (χ1) is 20.0. The molecule has 0 aliphatic heterocycles. The van der Waals surface area contributed by atoms with Crippen molar-refractivity contribution in [3.63, 3.8) is 0 Å². The van der Waals surface area contributed by atoms with Crippen LogP contribution in [0.2, 0.25) is 0 Å². The molecule has 0 fully saturated rings. The van der Waals surface area contributed by atoms with Gasteiger partial charge in [-0.05, 0) is 58.4 Å². The fourth-order valence-corrected chi connectivity index (χ4v) is 5.54. The second-order valence-corrected chi connectivity index (χ2v) is 12.9. The lowest BCUT2D eigenvalue weighted by Gasteiger charge is -2.19. The fraction of sp³-hybridized carbons (Fsp3) is 0.135. The second kappa shape index (κ2) is 11.8. The summed E-state index contributed by atoms with van der Waals surface area (Å²) < 4.78 is 29.6. The molecule has 0 spiro atoms. The van der Waals surface area contributed by atoms with Crippen LogP contribution in [0.1, 0.15) is 31.9 Å². The van der Waals surface area contributed by atoms with Gasteiger partial charge in [0.2, 0.25) is 0 Å². The zero-order chi connectivity index (χ0) is 29.9. The third-order valence-corrected chi connectivity index (χ3v) is 8.20. The van der Waals surface area contributed by atoms with Gasteiger partial charge in [-0.3, -0.25) is 4.55 Å². The first kappa shape index (κ1) is 29.1. The molecule has 0 amide bonds. The average molecular weight is 574 g/mol. The highest BCUT2D eigenvalue weighted by atomic mass is 32.2. The molecule has 42 heavy (non-hydrogen) atoms. The molecule has 1 heterocycles. The van der Waals surface area contributed by atoms with Crippen molar-refractivity contribution in [2.45, 2.75) is 38.0 Å². The van der Waals surface area contributed by atoms with Crippen molar-refractivity contribution in [2.24, 2.45) is 0 Å². The molecule has 0 atom stereocenters. The minimum atomic E-state index is -4.02. The molecule has 5 aromatic carbocycles. The van der Waals surface area contributed by atoms with E-state index < -0.39 is 10.1 Å². The molecule has 0 saturated carbocycles. The number of rotatable bonds is 4. The van der Waals surface area contributed by atoms with E-state index >= 15 is 0 Å². The molecular formula is C37H35NO3S. The summed E-state index contributed by atoms with van der Waals surface area (Å²) in [6.45, 7) is 8.61. The summed E-state index contributed by atoms with van der Waals surface area (Å²) in [6.07, 6.45) is 0. The number of fused-ring (bicyclic) bond motifs is 1.